The first-order valence-electron chi connectivity index (χ1n) is 7.68. The largest absolute Gasteiger partial charge is 0.335 e. The lowest BCUT2D eigenvalue weighted by molar-refractivity contribution is -0.117. The fraction of sp³-hybridized carbons (Fsp3) is 0.375. The molecule has 9 heteroatoms. The van der Waals surface area contributed by atoms with Crippen molar-refractivity contribution in [3.8, 4) is 11.4 Å². The van der Waals surface area contributed by atoms with Crippen molar-refractivity contribution in [3.05, 3.63) is 29.8 Å². The minimum absolute atomic E-state index is 0.000788. The third kappa shape index (κ3) is 5.49. The number of thioether (sulfide) groups is 1. The van der Waals surface area contributed by atoms with Gasteiger partial charge in [0.25, 0.3) is 0 Å². The SMILES string of the molecule is Cc1ccc(-c2nnc(SCC(=O)NC(=O)NC(C)(C)C)n2N)cc1. The van der Waals surface area contributed by atoms with E-state index in [-0.39, 0.29) is 5.75 Å². The van der Waals surface area contributed by atoms with Gasteiger partial charge in [0.15, 0.2) is 5.82 Å². The molecule has 0 atom stereocenters. The highest BCUT2D eigenvalue weighted by Gasteiger charge is 2.17. The molecule has 0 radical (unpaired) electrons. The van der Waals surface area contributed by atoms with Gasteiger partial charge in [-0.2, -0.15) is 0 Å². The number of hydrogen-bond donors (Lipinski definition) is 3. The lowest BCUT2D eigenvalue weighted by Gasteiger charge is -2.20. The summed E-state index contributed by atoms with van der Waals surface area (Å²) in [5.74, 6) is 6.07. The molecule has 2 aromatic rings. The Morgan fingerprint density at radius 2 is 1.84 bits per heavy atom. The molecule has 0 fully saturated rings. The second-order valence-electron chi connectivity index (χ2n) is 6.58. The van der Waals surface area contributed by atoms with Crippen molar-refractivity contribution in [2.24, 2.45) is 0 Å². The number of rotatable bonds is 4. The summed E-state index contributed by atoms with van der Waals surface area (Å²) >= 11 is 1.11. The molecule has 0 aliphatic rings. The first-order valence-corrected chi connectivity index (χ1v) is 8.66. The number of nitrogens with zero attached hydrogens (tertiary/aromatic N) is 3. The van der Waals surface area contributed by atoms with Gasteiger partial charge >= 0.3 is 6.03 Å². The number of aryl methyl sites for hydroxylation is 1. The molecule has 4 N–H and O–H groups in total. The Morgan fingerprint density at radius 3 is 2.44 bits per heavy atom. The van der Waals surface area contributed by atoms with Crippen LogP contribution in [0.25, 0.3) is 11.4 Å². The van der Waals surface area contributed by atoms with Crippen molar-refractivity contribution in [2.45, 2.75) is 38.4 Å². The number of nitrogen functional groups attached to an aromatic ring is 1. The predicted octanol–water partition coefficient (Wildman–Crippen LogP) is 1.68. The molecule has 0 unspecified atom stereocenters. The van der Waals surface area contributed by atoms with E-state index >= 15 is 0 Å². The maximum Gasteiger partial charge on any atom is 0.321 e. The minimum atomic E-state index is -0.535. The normalized spacial score (nSPS) is 11.2. The number of amides is 3. The van der Waals surface area contributed by atoms with Gasteiger partial charge in [0.1, 0.15) is 0 Å². The topological polar surface area (TPSA) is 115 Å². The number of urea groups is 1. The molecule has 1 aromatic carbocycles. The summed E-state index contributed by atoms with van der Waals surface area (Å²) in [7, 11) is 0. The number of aromatic nitrogens is 3. The van der Waals surface area contributed by atoms with Gasteiger partial charge in [-0.25, -0.2) is 9.47 Å². The molecule has 1 heterocycles. The van der Waals surface area contributed by atoms with Crippen LogP contribution in [0, 0.1) is 6.92 Å². The van der Waals surface area contributed by atoms with Crippen LogP contribution in [0.3, 0.4) is 0 Å². The van der Waals surface area contributed by atoms with E-state index in [4.69, 9.17) is 5.84 Å². The van der Waals surface area contributed by atoms with Crippen molar-refractivity contribution in [1.29, 1.82) is 0 Å². The molecule has 134 valence electrons. The average Bonchev–Trinajstić information content (AvgIpc) is 2.85. The molecule has 2 rings (SSSR count). The van der Waals surface area contributed by atoms with Crippen molar-refractivity contribution < 1.29 is 9.59 Å². The van der Waals surface area contributed by atoms with Crippen LogP contribution in [0.5, 0.6) is 0 Å². The molecule has 3 amide bonds. The zero-order valence-electron chi connectivity index (χ0n) is 14.7. The second kappa shape index (κ2) is 7.56. The monoisotopic (exact) mass is 362 g/mol. The molecule has 0 bridgehead atoms. The Kier molecular flexibility index (Phi) is 5.68. The molecule has 0 spiro atoms. The van der Waals surface area contributed by atoms with Crippen LogP contribution in [0.2, 0.25) is 0 Å². The van der Waals surface area contributed by atoms with E-state index < -0.39 is 17.5 Å². The maximum atomic E-state index is 11.8. The standard InChI is InChI=1S/C16H22N6O2S/c1-10-5-7-11(8-6-10)13-20-21-15(22(13)17)25-9-12(23)18-14(24)19-16(2,3)4/h5-8H,9,17H2,1-4H3,(H2,18,19,23,24). The first-order chi connectivity index (χ1) is 11.7. The summed E-state index contributed by atoms with van der Waals surface area (Å²) < 4.78 is 1.33. The highest BCUT2D eigenvalue weighted by Crippen LogP contribution is 2.21. The van der Waals surface area contributed by atoms with Crippen molar-refractivity contribution >= 4 is 23.7 Å². The van der Waals surface area contributed by atoms with Gasteiger partial charge in [-0.1, -0.05) is 41.6 Å². The lowest BCUT2D eigenvalue weighted by Crippen LogP contribution is -2.48. The Bertz CT molecular complexity index is 764. The lowest BCUT2D eigenvalue weighted by atomic mass is 10.1. The van der Waals surface area contributed by atoms with Gasteiger partial charge in [-0.3, -0.25) is 10.1 Å². The van der Waals surface area contributed by atoms with E-state index in [9.17, 15) is 9.59 Å². The minimum Gasteiger partial charge on any atom is -0.335 e. The van der Waals surface area contributed by atoms with Crippen LogP contribution in [0.4, 0.5) is 4.79 Å². The van der Waals surface area contributed by atoms with Crippen LogP contribution < -0.4 is 16.5 Å². The number of nitrogens with one attached hydrogen (secondary N) is 2. The molecule has 0 aliphatic carbocycles. The Labute approximate surface area is 150 Å². The van der Waals surface area contributed by atoms with Crippen molar-refractivity contribution in [2.75, 3.05) is 11.6 Å². The summed E-state index contributed by atoms with van der Waals surface area (Å²) in [4.78, 5) is 23.5. The number of imide groups is 1. The summed E-state index contributed by atoms with van der Waals surface area (Å²) in [6.45, 7) is 7.48. The molecule has 0 saturated heterocycles. The van der Waals surface area contributed by atoms with E-state index in [1.165, 1.54) is 4.68 Å². The van der Waals surface area contributed by atoms with Crippen molar-refractivity contribution in [1.82, 2.24) is 25.5 Å². The third-order valence-electron chi connectivity index (χ3n) is 3.05. The number of nitrogens with two attached hydrogens (primary N) is 1. The number of carbonyl (C=O) groups is 2. The maximum absolute atomic E-state index is 11.8. The van der Waals surface area contributed by atoms with Crippen LogP contribution in [0.1, 0.15) is 26.3 Å². The van der Waals surface area contributed by atoms with Gasteiger partial charge in [-0.15, -0.1) is 10.2 Å². The Balaban J connectivity index is 1.94. The van der Waals surface area contributed by atoms with E-state index in [1.807, 2.05) is 52.0 Å². The molecular formula is C16H22N6O2S. The van der Waals surface area contributed by atoms with Gasteiger partial charge in [0.2, 0.25) is 11.1 Å². The fourth-order valence-corrected chi connectivity index (χ4v) is 2.60. The van der Waals surface area contributed by atoms with E-state index in [1.54, 1.807) is 0 Å². The first kappa shape index (κ1) is 18.8. The number of carbonyl (C=O) groups excluding carboxylic acids is 2. The summed E-state index contributed by atoms with van der Waals surface area (Å²) in [6, 6.07) is 7.19. The van der Waals surface area contributed by atoms with Gasteiger partial charge in [0.05, 0.1) is 5.75 Å². The van der Waals surface area contributed by atoms with E-state index in [2.05, 4.69) is 20.8 Å². The van der Waals surface area contributed by atoms with Gasteiger partial charge < -0.3 is 11.2 Å². The van der Waals surface area contributed by atoms with E-state index in [0.717, 1.165) is 22.9 Å². The molecule has 1 aromatic heterocycles. The summed E-state index contributed by atoms with van der Waals surface area (Å²) in [5.41, 5.74) is 1.55. The summed E-state index contributed by atoms with van der Waals surface area (Å²) in [5, 5.41) is 13.4. The average molecular weight is 362 g/mol. The second-order valence-corrected chi connectivity index (χ2v) is 7.53. The van der Waals surface area contributed by atoms with E-state index in [0.29, 0.717) is 11.0 Å². The third-order valence-corrected chi connectivity index (χ3v) is 3.99. The molecule has 8 nitrogen and oxygen atoms in total. The van der Waals surface area contributed by atoms with Crippen LogP contribution in [-0.4, -0.2) is 38.1 Å². The molecular weight excluding hydrogens is 340 g/mol. The fourth-order valence-electron chi connectivity index (χ4n) is 1.94. The number of hydrogen-bond acceptors (Lipinski definition) is 6. The smallest absolute Gasteiger partial charge is 0.321 e. The summed E-state index contributed by atoms with van der Waals surface area (Å²) in [6.07, 6.45) is 0. The zero-order chi connectivity index (χ0) is 18.6. The molecule has 25 heavy (non-hydrogen) atoms. The highest BCUT2D eigenvalue weighted by molar-refractivity contribution is 7.99. The predicted molar refractivity (Wildman–Crippen MR) is 97.5 cm³/mol. The molecule has 0 saturated carbocycles. The number of benzene rings is 1. The van der Waals surface area contributed by atoms with Crippen molar-refractivity contribution in [3.63, 3.8) is 0 Å². The quantitative estimate of drug-likeness (QED) is 0.563. The van der Waals surface area contributed by atoms with Crippen LogP contribution in [0.15, 0.2) is 29.4 Å². The van der Waals surface area contributed by atoms with Gasteiger partial charge in [-0.05, 0) is 27.7 Å². The highest BCUT2D eigenvalue weighted by atomic mass is 32.2. The van der Waals surface area contributed by atoms with Gasteiger partial charge in [0, 0.05) is 11.1 Å². The Morgan fingerprint density at radius 1 is 1.20 bits per heavy atom. The van der Waals surface area contributed by atoms with Crippen LogP contribution in [-0.2, 0) is 4.79 Å². The molecule has 0 aliphatic heterocycles. The van der Waals surface area contributed by atoms with Crippen LogP contribution >= 0.6 is 11.8 Å². The Hall–Kier alpha value is -2.55. The zero-order valence-corrected chi connectivity index (χ0v) is 15.5.